The van der Waals surface area contributed by atoms with E-state index in [4.69, 9.17) is 0 Å². The number of urea groups is 1. The van der Waals surface area contributed by atoms with E-state index < -0.39 is 12.0 Å². The van der Waals surface area contributed by atoms with Gasteiger partial charge in [0.1, 0.15) is 0 Å². The lowest BCUT2D eigenvalue weighted by Gasteiger charge is -2.36. The number of carboxylic acids is 1. The van der Waals surface area contributed by atoms with Crippen LogP contribution in [0.3, 0.4) is 0 Å². The summed E-state index contributed by atoms with van der Waals surface area (Å²) in [4.78, 5) is 29.3. The maximum absolute atomic E-state index is 13.1. The summed E-state index contributed by atoms with van der Waals surface area (Å²) in [7, 11) is 0. The van der Waals surface area contributed by atoms with Crippen LogP contribution in [-0.2, 0) is 4.79 Å². The summed E-state index contributed by atoms with van der Waals surface area (Å²) < 4.78 is -0.0121. The van der Waals surface area contributed by atoms with Gasteiger partial charge in [0.2, 0.25) is 6.04 Å². The van der Waals surface area contributed by atoms with Gasteiger partial charge >= 0.3 is 12.0 Å². The molecule has 1 aliphatic heterocycles. The summed E-state index contributed by atoms with van der Waals surface area (Å²) in [6, 6.07) is 2.82. The topological polar surface area (TPSA) is 79.3 Å². The zero-order valence-corrected chi connectivity index (χ0v) is 15.4. The first-order valence-corrected chi connectivity index (χ1v) is 9.24. The summed E-state index contributed by atoms with van der Waals surface area (Å²) in [6.07, 6.45) is 5.83. The molecule has 0 aliphatic carbocycles. The molecule has 1 aliphatic rings. The minimum Gasteiger partial charge on any atom is -0.477 e. The van der Waals surface area contributed by atoms with E-state index in [-0.39, 0.29) is 16.4 Å². The van der Waals surface area contributed by atoms with Crippen molar-refractivity contribution in [3.05, 3.63) is 30.1 Å². The number of nitrogens with zero attached hydrogens (tertiary/aromatic N) is 2. The van der Waals surface area contributed by atoms with E-state index in [9.17, 15) is 14.7 Å². The van der Waals surface area contributed by atoms with Gasteiger partial charge in [-0.15, -0.1) is 0 Å². The van der Waals surface area contributed by atoms with Crippen LogP contribution in [-0.4, -0.2) is 52.3 Å². The van der Waals surface area contributed by atoms with Gasteiger partial charge in [0.15, 0.2) is 0 Å². The van der Waals surface area contributed by atoms with E-state index in [2.05, 4.69) is 24.1 Å². The van der Waals surface area contributed by atoms with Crippen molar-refractivity contribution in [3.8, 4) is 0 Å². The molecule has 2 rings (SSSR count). The quantitative estimate of drug-likeness (QED) is 0.743. The van der Waals surface area contributed by atoms with Gasteiger partial charge < -0.3 is 10.4 Å². The van der Waals surface area contributed by atoms with E-state index >= 15 is 0 Å². The van der Waals surface area contributed by atoms with Gasteiger partial charge in [-0.3, -0.25) is 4.98 Å². The second-order valence-electron chi connectivity index (χ2n) is 7.15. The molecule has 0 aromatic carbocycles. The van der Waals surface area contributed by atoms with Gasteiger partial charge in [0, 0.05) is 25.4 Å². The smallest absolute Gasteiger partial charge is 0.417 e. The van der Waals surface area contributed by atoms with Crippen LogP contribution in [0.25, 0.3) is 0 Å². The molecular weight excluding hydrogens is 318 g/mol. The zero-order chi connectivity index (χ0) is 18.4. The van der Waals surface area contributed by atoms with Gasteiger partial charge in [-0.05, 0) is 24.0 Å². The lowest BCUT2D eigenvalue weighted by atomic mass is 9.92. The molecule has 2 N–H and O–H groups in total. The standard InChI is InChI=1S/C19H29N3O3/c1-4-10-22(19(25)21-12-14(3)5-2)11-8-16(17(22)18(23)24)15-7-6-9-20-13-15/h6-7,9,13-14,16-17H,4-5,8,10-12H2,1-3H3,(H-,21,23,24,25)/p+1/t14?,16?,17-,22?/m0/s1. The van der Waals surface area contributed by atoms with Crippen molar-refractivity contribution < 1.29 is 19.2 Å². The number of amides is 2. The Morgan fingerprint density at radius 3 is 2.76 bits per heavy atom. The first kappa shape index (κ1) is 19.4. The average molecular weight is 348 g/mol. The highest BCUT2D eigenvalue weighted by Gasteiger charge is 2.57. The summed E-state index contributed by atoms with van der Waals surface area (Å²) in [6.45, 7) is 7.85. The number of likely N-dealkylation sites (tertiary alicyclic amines) is 1. The Hall–Kier alpha value is -1.95. The molecule has 0 saturated carbocycles. The third-order valence-electron chi connectivity index (χ3n) is 5.44. The highest BCUT2D eigenvalue weighted by atomic mass is 16.4. The molecule has 2 amide bonds. The van der Waals surface area contributed by atoms with E-state index in [1.54, 1.807) is 12.4 Å². The van der Waals surface area contributed by atoms with Crippen LogP contribution >= 0.6 is 0 Å². The van der Waals surface area contributed by atoms with Crippen molar-refractivity contribution in [3.63, 3.8) is 0 Å². The summed E-state index contributed by atoms with van der Waals surface area (Å²) in [5.74, 6) is -0.712. The number of rotatable bonds is 7. The van der Waals surface area contributed by atoms with Crippen LogP contribution in [0.2, 0.25) is 0 Å². The molecule has 25 heavy (non-hydrogen) atoms. The van der Waals surface area contributed by atoms with Crippen molar-refractivity contribution in [2.75, 3.05) is 19.6 Å². The average Bonchev–Trinajstić information content (AvgIpc) is 3.01. The second-order valence-corrected chi connectivity index (χ2v) is 7.15. The maximum Gasteiger partial charge on any atom is 0.417 e. The molecule has 6 nitrogen and oxygen atoms in total. The van der Waals surface area contributed by atoms with Crippen LogP contribution in [0.4, 0.5) is 4.79 Å². The third kappa shape index (κ3) is 4.00. The number of aromatic nitrogens is 1. The Labute approximate surface area is 149 Å². The lowest BCUT2D eigenvalue weighted by molar-refractivity contribution is -0.855. The van der Waals surface area contributed by atoms with Crippen LogP contribution in [0, 0.1) is 5.92 Å². The number of carbonyl (C=O) groups excluding carboxylic acids is 1. The van der Waals surface area contributed by atoms with E-state index in [0.717, 1.165) is 18.4 Å². The molecule has 4 atom stereocenters. The van der Waals surface area contributed by atoms with Gasteiger partial charge in [-0.25, -0.2) is 14.1 Å². The van der Waals surface area contributed by atoms with Gasteiger partial charge in [0.05, 0.1) is 19.0 Å². The number of pyridine rings is 1. The number of hydrogen-bond donors (Lipinski definition) is 2. The number of quaternary nitrogens is 1. The zero-order valence-electron chi connectivity index (χ0n) is 15.4. The van der Waals surface area contributed by atoms with Crippen LogP contribution in [0.15, 0.2) is 24.5 Å². The van der Waals surface area contributed by atoms with Crippen LogP contribution in [0.5, 0.6) is 0 Å². The largest absolute Gasteiger partial charge is 0.477 e. The number of nitrogens with one attached hydrogen (secondary N) is 1. The van der Waals surface area contributed by atoms with Crippen molar-refractivity contribution in [2.45, 2.75) is 52.0 Å². The summed E-state index contributed by atoms with van der Waals surface area (Å²) in [5, 5.41) is 13.0. The molecule has 1 aromatic rings. The number of hydrogen-bond acceptors (Lipinski definition) is 3. The molecule has 0 spiro atoms. The molecule has 1 saturated heterocycles. The molecule has 0 bridgehead atoms. The van der Waals surface area contributed by atoms with Gasteiger partial charge in [-0.2, -0.15) is 0 Å². The number of carboxylic acid groups (broad SMARTS) is 1. The van der Waals surface area contributed by atoms with Crippen molar-refractivity contribution in [1.29, 1.82) is 0 Å². The van der Waals surface area contributed by atoms with Gasteiger partial charge in [0.25, 0.3) is 0 Å². The maximum atomic E-state index is 13.1. The second kappa shape index (κ2) is 8.43. The predicted octanol–water partition coefficient (Wildman–Crippen LogP) is 3.00. The first-order valence-electron chi connectivity index (χ1n) is 9.24. The first-order chi connectivity index (χ1) is 12.0. The molecule has 0 radical (unpaired) electrons. The van der Waals surface area contributed by atoms with Crippen LogP contribution < -0.4 is 5.32 Å². The fourth-order valence-corrected chi connectivity index (χ4v) is 3.88. The molecule has 3 unspecified atom stereocenters. The lowest BCUT2D eigenvalue weighted by Crippen LogP contribution is -2.63. The Morgan fingerprint density at radius 1 is 1.44 bits per heavy atom. The third-order valence-corrected chi connectivity index (χ3v) is 5.44. The monoisotopic (exact) mass is 348 g/mol. The Kier molecular flexibility index (Phi) is 6.53. The molecule has 6 heteroatoms. The number of aliphatic carboxylic acids is 1. The molecule has 1 aromatic heterocycles. The van der Waals surface area contributed by atoms with Crippen LogP contribution in [0.1, 0.15) is 51.5 Å². The highest BCUT2D eigenvalue weighted by molar-refractivity contribution is 5.78. The minimum atomic E-state index is -0.904. The number of carbonyl (C=O) groups is 2. The fraction of sp³-hybridized carbons (Fsp3) is 0.632. The Balaban J connectivity index is 2.32. The van der Waals surface area contributed by atoms with Crippen molar-refractivity contribution >= 4 is 12.0 Å². The normalized spacial score (nSPS) is 27.0. The van der Waals surface area contributed by atoms with Crippen molar-refractivity contribution in [1.82, 2.24) is 10.3 Å². The molecule has 2 heterocycles. The SMILES string of the molecule is CCC[N+]1(C(=O)NCC(C)CC)CCC(c2cccnc2)[C@H]1C(=O)O. The summed E-state index contributed by atoms with van der Waals surface area (Å²) >= 11 is 0. The molecule has 138 valence electrons. The Morgan fingerprint density at radius 2 is 2.20 bits per heavy atom. The predicted molar refractivity (Wildman–Crippen MR) is 96.2 cm³/mol. The Bertz CT molecular complexity index is 593. The van der Waals surface area contributed by atoms with Gasteiger partial charge in [-0.1, -0.05) is 33.3 Å². The van der Waals surface area contributed by atoms with E-state index in [1.165, 1.54) is 0 Å². The van der Waals surface area contributed by atoms with E-state index in [0.29, 0.717) is 32.0 Å². The van der Waals surface area contributed by atoms with Crippen molar-refractivity contribution in [2.24, 2.45) is 5.92 Å². The fourth-order valence-electron chi connectivity index (χ4n) is 3.88. The summed E-state index contributed by atoms with van der Waals surface area (Å²) in [5.41, 5.74) is 0.903. The molecular formula is C19H30N3O3+. The highest BCUT2D eigenvalue weighted by Crippen LogP contribution is 2.39. The van der Waals surface area contributed by atoms with E-state index in [1.807, 2.05) is 19.1 Å². The minimum absolute atomic E-state index is 0.0121. The molecule has 1 fully saturated rings.